The lowest BCUT2D eigenvalue weighted by atomic mass is 10.0. The second kappa shape index (κ2) is 8.15. The molecular weight excluding hydrogens is 334 g/mol. The van der Waals surface area contributed by atoms with Crippen molar-refractivity contribution in [2.24, 2.45) is 5.16 Å². The minimum atomic E-state index is -0.303. The number of amides is 2. The quantitative estimate of drug-likeness (QED) is 0.689. The Balaban J connectivity index is 1.39. The molecule has 3 rings (SSSR count). The van der Waals surface area contributed by atoms with Crippen molar-refractivity contribution < 1.29 is 19.5 Å². The molecule has 1 heterocycles. The van der Waals surface area contributed by atoms with E-state index in [-0.39, 0.29) is 36.8 Å². The van der Waals surface area contributed by atoms with Crippen LogP contribution in [0.15, 0.2) is 59.8 Å². The Morgan fingerprint density at radius 1 is 1.00 bits per heavy atom. The fourth-order valence-electron chi connectivity index (χ4n) is 2.53. The van der Waals surface area contributed by atoms with Gasteiger partial charge in [-0.15, -0.1) is 0 Å². The van der Waals surface area contributed by atoms with E-state index in [0.717, 1.165) is 5.56 Å². The standard InChI is InChI=1S/C19H19N3O4/c23-15-8-6-14(7-9-15)18(24)20-10-11-21-19(25)16-12-17(26-22-16)13-4-2-1-3-5-13/h1-9,17,23H,10-12H2,(H,20,24)(H,21,25)/t17-/m0/s1. The van der Waals surface area contributed by atoms with Gasteiger partial charge in [0.1, 0.15) is 11.5 Å². The number of nitrogens with zero attached hydrogens (tertiary/aromatic N) is 1. The van der Waals surface area contributed by atoms with Gasteiger partial charge in [-0.25, -0.2) is 0 Å². The summed E-state index contributed by atoms with van der Waals surface area (Å²) < 4.78 is 0. The molecule has 0 aromatic heterocycles. The van der Waals surface area contributed by atoms with Crippen molar-refractivity contribution in [3.8, 4) is 5.75 Å². The van der Waals surface area contributed by atoms with Gasteiger partial charge in [-0.1, -0.05) is 35.5 Å². The first-order valence-electron chi connectivity index (χ1n) is 8.26. The summed E-state index contributed by atoms with van der Waals surface area (Å²) in [6, 6.07) is 15.5. The molecule has 0 bridgehead atoms. The number of aromatic hydroxyl groups is 1. The van der Waals surface area contributed by atoms with Crippen LogP contribution in [0.3, 0.4) is 0 Å². The third-order valence-electron chi connectivity index (χ3n) is 3.93. The zero-order valence-electron chi connectivity index (χ0n) is 14.0. The smallest absolute Gasteiger partial charge is 0.269 e. The molecule has 3 N–H and O–H groups in total. The van der Waals surface area contributed by atoms with Gasteiger partial charge in [-0.05, 0) is 29.8 Å². The summed E-state index contributed by atoms with van der Waals surface area (Å²) in [5.74, 6) is -0.477. The molecule has 26 heavy (non-hydrogen) atoms. The summed E-state index contributed by atoms with van der Waals surface area (Å²) in [5.41, 5.74) is 1.75. The summed E-state index contributed by atoms with van der Waals surface area (Å²) in [5, 5.41) is 18.5. The maximum absolute atomic E-state index is 12.1. The monoisotopic (exact) mass is 353 g/mol. The van der Waals surface area contributed by atoms with Gasteiger partial charge in [0, 0.05) is 25.1 Å². The number of phenols is 1. The highest BCUT2D eigenvalue weighted by atomic mass is 16.6. The van der Waals surface area contributed by atoms with E-state index in [1.165, 1.54) is 24.3 Å². The Hall–Kier alpha value is -3.35. The van der Waals surface area contributed by atoms with Crippen molar-refractivity contribution in [1.82, 2.24) is 10.6 Å². The number of hydrogen-bond acceptors (Lipinski definition) is 5. The Bertz CT molecular complexity index is 803. The van der Waals surface area contributed by atoms with Crippen LogP contribution in [0.5, 0.6) is 5.75 Å². The SMILES string of the molecule is O=C(NCCNC(=O)c1ccc(O)cc1)C1=NO[C@H](c2ccccc2)C1. The van der Waals surface area contributed by atoms with Gasteiger partial charge in [0.05, 0.1) is 0 Å². The van der Waals surface area contributed by atoms with Gasteiger partial charge in [0.25, 0.3) is 11.8 Å². The van der Waals surface area contributed by atoms with E-state index in [1.807, 2.05) is 30.3 Å². The Morgan fingerprint density at radius 2 is 1.65 bits per heavy atom. The van der Waals surface area contributed by atoms with E-state index in [9.17, 15) is 14.7 Å². The van der Waals surface area contributed by atoms with Crippen molar-refractivity contribution in [1.29, 1.82) is 0 Å². The number of nitrogens with one attached hydrogen (secondary N) is 2. The molecule has 0 saturated carbocycles. The molecule has 0 spiro atoms. The largest absolute Gasteiger partial charge is 0.508 e. The zero-order valence-corrected chi connectivity index (χ0v) is 14.0. The molecule has 2 aromatic carbocycles. The topological polar surface area (TPSA) is 100 Å². The van der Waals surface area contributed by atoms with Crippen LogP contribution >= 0.6 is 0 Å². The molecule has 0 radical (unpaired) electrons. The summed E-state index contributed by atoms with van der Waals surface area (Å²) in [6.45, 7) is 0.555. The van der Waals surface area contributed by atoms with E-state index in [1.54, 1.807) is 0 Å². The summed E-state index contributed by atoms with van der Waals surface area (Å²) in [7, 11) is 0. The molecular formula is C19H19N3O4. The van der Waals surface area contributed by atoms with Crippen LogP contribution in [0.2, 0.25) is 0 Å². The number of carbonyl (C=O) groups excluding carboxylic acids is 2. The minimum absolute atomic E-state index is 0.0992. The summed E-state index contributed by atoms with van der Waals surface area (Å²) in [6.07, 6.45) is 0.168. The fourth-order valence-corrected chi connectivity index (χ4v) is 2.53. The van der Waals surface area contributed by atoms with Gasteiger partial charge in [0.15, 0.2) is 6.10 Å². The minimum Gasteiger partial charge on any atom is -0.508 e. The van der Waals surface area contributed by atoms with Gasteiger partial charge in [-0.3, -0.25) is 9.59 Å². The number of carbonyl (C=O) groups is 2. The third-order valence-corrected chi connectivity index (χ3v) is 3.93. The van der Waals surface area contributed by atoms with Crippen molar-refractivity contribution >= 4 is 17.5 Å². The van der Waals surface area contributed by atoms with Crippen LogP contribution in [-0.2, 0) is 9.63 Å². The highest BCUT2D eigenvalue weighted by Crippen LogP contribution is 2.26. The molecule has 0 aliphatic carbocycles. The maximum atomic E-state index is 12.1. The van der Waals surface area contributed by atoms with Gasteiger partial charge < -0.3 is 20.6 Å². The average molecular weight is 353 g/mol. The van der Waals surface area contributed by atoms with Crippen LogP contribution in [0.1, 0.15) is 28.4 Å². The first-order chi connectivity index (χ1) is 12.6. The van der Waals surface area contributed by atoms with E-state index in [2.05, 4.69) is 15.8 Å². The zero-order chi connectivity index (χ0) is 18.4. The first-order valence-corrected chi connectivity index (χ1v) is 8.26. The van der Waals surface area contributed by atoms with Gasteiger partial charge in [0.2, 0.25) is 0 Å². The molecule has 7 nitrogen and oxygen atoms in total. The van der Waals surface area contributed by atoms with Crippen LogP contribution < -0.4 is 10.6 Å². The number of benzene rings is 2. The molecule has 0 unspecified atom stereocenters. The van der Waals surface area contributed by atoms with E-state index < -0.39 is 0 Å². The van der Waals surface area contributed by atoms with Crippen LogP contribution in [0.4, 0.5) is 0 Å². The Kier molecular flexibility index (Phi) is 5.48. The Morgan fingerprint density at radius 3 is 2.35 bits per heavy atom. The molecule has 1 aliphatic rings. The second-order valence-electron chi connectivity index (χ2n) is 5.81. The lowest BCUT2D eigenvalue weighted by Crippen LogP contribution is -2.37. The number of hydrogen-bond donors (Lipinski definition) is 3. The predicted octanol–water partition coefficient (Wildman–Crippen LogP) is 1.76. The number of oxime groups is 1. The van der Waals surface area contributed by atoms with E-state index in [0.29, 0.717) is 17.7 Å². The Labute approximate surface area is 150 Å². The molecule has 0 saturated heterocycles. The van der Waals surface area contributed by atoms with Crippen molar-refractivity contribution in [3.63, 3.8) is 0 Å². The van der Waals surface area contributed by atoms with Crippen LogP contribution in [0, 0.1) is 0 Å². The second-order valence-corrected chi connectivity index (χ2v) is 5.81. The van der Waals surface area contributed by atoms with Crippen LogP contribution in [-0.4, -0.2) is 35.7 Å². The molecule has 7 heteroatoms. The van der Waals surface area contributed by atoms with Crippen molar-refractivity contribution in [2.45, 2.75) is 12.5 Å². The summed E-state index contributed by atoms with van der Waals surface area (Å²) in [4.78, 5) is 29.3. The molecule has 2 amide bonds. The van der Waals surface area contributed by atoms with Crippen molar-refractivity contribution in [3.05, 3.63) is 65.7 Å². The van der Waals surface area contributed by atoms with E-state index in [4.69, 9.17) is 4.84 Å². The normalized spacial score (nSPS) is 15.7. The lowest BCUT2D eigenvalue weighted by molar-refractivity contribution is -0.114. The molecule has 0 fully saturated rings. The predicted molar refractivity (Wildman–Crippen MR) is 95.8 cm³/mol. The lowest BCUT2D eigenvalue weighted by Gasteiger charge is -2.08. The summed E-state index contributed by atoms with van der Waals surface area (Å²) >= 11 is 0. The third kappa shape index (κ3) is 4.38. The van der Waals surface area contributed by atoms with Gasteiger partial charge >= 0.3 is 0 Å². The highest BCUT2D eigenvalue weighted by molar-refractivity contribution is 6.39. The van der Waals surface area contributed by atoms with Crippen LogP contribution in [0.25, 0.3) is 0 Å². The molecule has 1 atom stereocenters. The maximum Gasteiger partial charge on any atom is 0.269 e. The molecule has 134 valence electrons. The van der Waals surface area contributed by atoms with Crippen molar-refractivity contribution in [2.75, 3.05) is 13.1 Å². The number of rotatable bonds is 6. The van der Waals surface area contributed by atoms with E-state index >= 15 is 0 Å². The molecule has 2 aromatic rings. The first kappa shape index (κ1) is 17.5. The fraction of sp³-hybridized carbons (Fsp3) is 0.211. The average Bonchev–Trinajstić information content (AvgIpc) is 3.16. The number of phenolic OH excluding ortho intramolecular Hbond substituents is 1. The highest BCUT2D eigenvalue weighted by Gasteiger charge is 2.26. The molecule has 1 aliphatic heterocycles. The van der Waals surface area contributed by atoms with Gasteiger partial charge in [-0.2, -0.15) is 0 Å².